The van der Waals surface area contributed by atoms with E-state index in [0.29, 0.717) is 18.8 Å². The number of rotatable bonds is 6. The first-order chi connectivity index (χ1) is 10.3. The van der Waals surface area contributed by atoms with E-state index in [1.165, 1.54) is 18.4 Å². The highest BCUT2D eigenvalue weighted by Gasteiger charge is 2.15. The van der Waals surface area contributed by atoms with Gasteiger partial charge in [0.15, 0.2) is 11.5 Å². The summed E-state index contributed by atoms with van der Waals surface area (Å²) in [7, 11) is 0. The average Bonchev–Trinajstić information content (AvgIpc) is 2.99. The highest BCUT2D eigenvalue weighted by Crippen LogP contribution is 2.32. The van der Waals surface area contributed by atoms with Gasteiger partial charge in [0.05, 0.1) is 6.61 Å². The summed E-state index contributed by atoms with van der Waals surface area (Å²) >= 11 is 0. The first kappa shape index (κ1) is 14.7. The minimum atomic E-state index is 0.347. The molecule has 2 heterocycles. The molecule has 116 valence electrons. The molecule has 4 nitrogen and oxygen atoms in total. The van der Waals surface area contributed by atoms with Gasteiger partial charge >= 0.3 is 0 Å². The largest absolute Gasteiger partial charge is 0.454 e. The maximum absolute atomic E-state index is 5.52. The SMILES string of the molecule is CC(CCc1ccc2c(c1)OCO2)NCC1CCCOC1. The Morgan fingerprint density at radius 3 is 3.05 bits per heavy atom. The van der Waals surface area contributed by atoms with Gasteiger partial charge in [-0.2, -0.15) is 0 Å². The van der Waals surface area contributed by atoms with Crippen LogP contribution in [0.1, 0.15) is 31.7 Å². The molecule has 2 aliphatic rings. The second-order valence-corrected chi connectivity index (χ2v) is 6.12. The van der Waals surface area contributed by atoms with Crippen LogP contribution < -0.4 is 14.8 Å². The fraction of sp³-hybridized carbons (Fsp3) is 0.647. The normalized spacial score (nSPS) is 22.2. The molecule has 21 heavy (non-hydrogen) atoms. The lowest BCUT2D eigenvalue weighted by Crippen LogP contribution is -2.34. The van der Waals surface area contributed by atoms with Crippen LogP contribution in [0.5, 0.6) is 11.5 Å². The average molecular weight is 291 g/mol. The molecule has 0 bridgehead atoms. The fourth-order valence-electron chi connectivity index (χ4n) is 2.92. The van der Waals surface area contributed by atoms with Crippen molar-refractivity contribution >= 4 is 0 Å². The van der Waals surface area contributed by atoms with Crippen LogP contribution in [-0.2, 0) is 11.2 Å². The molecule has 2 aliphatic heterocycles. The van der Waals surface area contributed by atoms with E-state index in [2.05, 4.69) is 24.4 Å². The minimum Gasteiger partial charge on any atom is -0.454 e. The lowest BCUT2D eigenvalue weighted by atomic mass is 10.0. The molecule has 0 spiro atoms. The molecule has 1 fully saturated rings. The van der Waals surface area contributed by atoms with E-state index in [9.17, 15) is 0 Å². The van der Waals surface area contributed by atoms with E-state index in [-0.39, 0.29) is 0 Å². The molecule has 1 N–H and O–H groups in total. The number of fused-ring (bicyclic) bond motifs is 1. The number of aryl methyl sites for hydroxylation is 1. The Labute approximate surface area is 126 Å². The van der Waals surface area contributed by atoms with Gasteiger partial charge in [-0.15, -0.1) is 0 Å². The van der Waals surface area contributed by atoms with Gasteiger partial charge in [0.1, 0.15) is 0 Å². The molecule has 0 radical (unpaired) electrons. The number of nitrogens with one attached hydrogen (secondary N) is 1. The van der Waals surface area contributed by atoms with Crippen LogP contribution in [0.15, 0.2) is 18.2 Å². The predicted octanol–water partition coefficient (Wildman–Crippen LogP) is 2.75. The summed E-state index contributed by atoms with van der Waals surface area (Å²) in [5.41, 5.74) is 1.31. The van der Waals surface area contributed by atoms with Crippen LogP contribution in [0.25, 0.3) is 0 Å². The van der Waals surface area contributed by atoms with Crippen molar-refractivity contribution in [3.05, 3.63) is 23.8 Å². The molecule has 0 amide bonds. The fourth-order valence-corrected chi connectivity index (χ4v) is 2.92. The van der Waals surface area contributed by atoms with E-state index in [1.807, 2.05) is 6.07 Å². The van der Waals surface area contributed by atoms with E-state index in [1.54, 1.807) is 0 Å². The van der Waals surface area contributed by atoms with Gasteiger partial charge in [-0.05, 0) is 56.2 Å². The molecule has 0 aliphatic carbocycles. The third-order valence-electron chi connectivity index (χ3n) is 4.31. The van der Waals surface area contributed by atoms with Gasteiger partial charge in [0, 0.05) is 19.2 Å². The van der Waals surface area contributed by atoms with E-state index < -0.39 is 0 Å². The van der Waals surface area contributed by atoms with Crippen molar-refractivity contribution in [1.82, 2.24) is 5.32 Å². The molecule has 2 unspecified atom stereocenters. The van der Waals surface area contributed by atoms with E-state index >= 15 is 0 Å². The Morgan fingerprint density at radius 1 is 1.29 bits per heavy atom. The number of hydrogen-bond acceptors (Lipinski definition) is 4. The number of hydrogen-bond donors (Lipinski definition) is 1. The molecule has 1 aromatic rings. The monoisotopic (exact) mass is 291 g/mol. The molecule has 0 saturated carbocycles. The molecular weight excluding hydrogens is 266 g/mol. The van der Waals surface area contributed by atoms with Crippen LogP contribution in [0.3, 0.4) is 0 Å². The summed E-state index contributed by atoms with van der Waals surface area (Å²) in [5.74, 6) is 2.43. The van der Waals surface area contributed by atoms with Gasteiger partial charge in [0.25, 0.3) is 0 Å². The van der Waals surface area contributed by atoms with Crippen molar-refractivity contribution < 1.29 is 14.2 Å². The van der Waals surface area contributed by atoms with Crippen LogP contribution in [0, 0.1) is 5.92 Å². The van der Waals surface area contributed by atoms with Crippen LogP contribution in [0.4, 0.5) is 0 Å². The minimum absolute atomic E-state index is 0.347. The zero-order chi connectivity index (χ0) is 14.5. The second-order valence-electron chi connectivity index (χ2n) is 6.12. The topological polar surface area (TPSA) is 39.7 Å². The first-order valence-electron chi connectivity index (χ1n) is 8.01. The Hall–Kier alpha value is -1.26. The molecule has 3 rings (SSSR count). The third kappa shape index (κ3) is 4.11. The summed E-state index contributed by atoms with van der Waals surface area (Å²) in [4.78, 5) is 0. The maximum Gasteiger partial charge on any atom is 0.231 e. The van der Waals surface area contributed by atoms with Crippen molar-refractivity contribution in [2.75, 3.05) is 26.6 Å². The van der Waals surface area contributed by atoms with E-state index in [4.69, 9.17) is 14.2 Å². The Balaban J connectivity index is 1.40. The smallest absolute Gasteiger partial charge is 0.231 e. The van der Waals surface area contributed by atoms with Gasteiger partial charge in [-0.25, -0.2) is 0 Å². The standard InChI is InChI=1S/C17H25NO3/c1-13(18-10-15-3-2-8-19-11-15)4-5-14-6-7-16-17(9-14)21-12-20-16/h6-7,9,13,15,18H,2-5,8,10-12H2,1H3. The van der Waals surface area contributed by atoms with Crippen LogP contribution in [0.2, 0.25) is 0 Å². The number of benzene rings is 1. The molecule has 0 aromatic heterocycles. The lowest BCUT2D eigenvalue weighted by Gasteiger charge is -2.24. The molecular formula is C17H25NO3. The summed E-state index contributed by atoms with van der Waals surface area (Å²) < 4.78 is 16.3. The molecule has 1 aromatic carbocycles. The summed E-state index contributed by atoms with van der Waals surface area (Å²) in [6, 6.07) is 6.77. The van der Waals surface area contributed by atoms with Crippen molar-refractivity contribution in [3.63, 3.8) is 0 Å². The molecule has 1 saturated heterocycles. The highest BCUT2D eigenvalue weighted by atomic mass is 16.7. The van der Waals surface area contributed by atoms with Crippen LogP contribution >= 0.6 is 0 Å². The Kier molecular flexibility index (Phi) is 4.99. The van der Waals surface area contributed by atoms with Crippen molar-refractivity contribution in [2.24, 2.45) is 5.92 Å². The van der Waals surface area contributed by atoms with Gasteiger partial charge in [-0.3, -0.25) is 0 Å². The second kappa shape index (κ2) is 7.14. The maximum atomic E-state index is 5.52. The quantitative estimate of drug-likeness (QED) is 0.875. The van der Waals surface area contributed by atoms with Crippen molar-refractivity contribution in [3.8, 4) is 11.5 Å². The zero-order valence-electron chi connectivity index (χ0n) is 12.8. The van der Waals surface area contributed by atoms with Crippen LogP contribution in [-0.4, -0.2) is 32.6 Å². The third-order valence-corrected chi connectivity index (χ3v) is 4.31. The van der Waals surface area contributed by atoms with E-state index in [0.717, 1.165) is 44.1 Å². The zero-order valence-corrected chi connectivity index (χ0v) is 12.8. The van der Waals surface area contributed by atoms with Gasteiger partial charge in [0.2, 0.25) is 6.79 Å². The lowest BCUT2D eigenvalue weighted by molar-refractivity contribution is 0.0539. The van der Waals surface area contributed by atoms with Crippen molar-refractivity contribution in [2.45, 2.75) is 38.6 Å². The summed E-state index contributed by atoms with van der Waals surface area (Å²) in [6.07, 6.45) is 4.69. The Morgan fingerprint density at radius 2 is 2.19 bits per heavy atom. The van der Waals surface area contributed by atoms with Gasteiger partial charge < -0.3 is 19.5 Å². The highest BCUT2D eigenvalue weighted by molar-refractivity contribution is 5.44. The summed E-state index contributed by atoms with van der Waals surface area (Å²) in [5, 5.41) is 3.64. The molecule has 2 atom stereocenters. The molecule has 4 heteroatoms. The predicted molar refractivity (Wildman–Crippen MR) is 81.9 cm³/mol. The van der Waals surface area contributed by atoms with Gasteiger partial charge in [-0.1, -0.05) is 6.07 Å². The van der Waals surface area contributed by atoms with Crippen molar-refractivity contribution in [1.29, 1.82) is 0 Å². The summed E-state index contributed by atoms with van der Waals surface area (Å²) in [6.45, 7) is 5.54. The first-order valence-corrected chi connectivity index (χ1v) is 8.01. The Bertz CT molecular complexity index is 457. The number of ether oxygens (including phenoxy) is 3.